The van der Waals surface area contributed by atoms with Gasteiger partial charge in [-0.3, -0.25) is 0 Å². The van der Waals surface area contributed by atoms with Gasteiger partial charge in [0.2, 0.25) is 0 Å². The van der Waals surface area contributed by atoms with Crippen LogP contribution < -0.4 is 5.32 Å². The molecule has 0 fully saturated rings. The van der Waals surface area contributed by atoms with Crippen molar-refractivity contribution in [2.75, 3.05) is 6.54 Å². The molecule has 0 saturated heterocycles. The van der Waals surface area contributed by atoms with Gasteiger partial charge in [0.05, 0.1) is 10.7 Å². The molecular weight excluding hydrogens is 259 g/mol. The van der Waals surface area contributed by atoms with Gasteiger partial charge in [-0.2, -0.15) is 4.37 Å². The molecule has 1 N–H and O–H groups in total. The number of rotatable bonds is 4. The van der Waals surface area contributed by atoms with Crippen molar-refractivity contribution in [1.82, 2.24) is 9.69 Å². The topological polar surface area (TPSA) is 24.9 Å². The van der Waals surface area contributed by atoms with E-state index >= 15 is 0 Å². The summed E-state index contributed by atoms with van der Waals surface area (Å²) >= 11 is 7.12. The molecular formula is C12H12ClFN2S. The first-order valence-electron chi connectivity index (χ1n) is 5.33. The summed E-state index contributed by atoms with van der Waals surface area (Å²) in [6, 6.07) is 6.84. The molecule has 0 aliphatic carbocycles. The van der Waals surface area contributed by atoms with Crippen LogP contribution >= 0.6 is 23.1 Å². The van der Waals surface area contributed by atoms with E-state index in [0.717, 1.165) is 18.0 Å². The number of nitrogens with one attached hydrogen (secondary N) is 1. The van der Waals surface area contributed by atoms with Gasteiger partial charge in [0.1, 0.15) is 0 Å². The SMILES string of the molecule is CCNCc1cc(-c2cccc(Cl)c2F)ns1. The van der Waals surface area contributed by atoms with E-state index in [9.17, 15) is 4.39 Å². The molecule has 2 aromatic rings. The Kier molecular flexibility index (Phi) is 4.10. The van der Waals surface area contributed by atoms with E-state index in [0.29, 0.717) is 11.3 Å². The van der Waals surface area contributed by atoms with Crippen LogP contribution in [0, 0.1) is 5.82 Å². The van der Waals surface area contributed by atoms with Crippen molar-refractivity contribution >= 4 is 23.1 Å². The first-order valence-corrected chi connectivity index (χ1v) is 6.48. The number of hydrogen-bond donors (Lipinski definition) is 1. The molecule has 17 heavy (non-hydrogen) atoms. The molecule has 0 unspecified atom stereocenters. The average Bonchev–Trinajstić information content (AvgIpc) is 2.78. The summed E-state index contributed by atoms with van der Waals surface area (Å²) in [6.45, 7) is 3.70. The molecule has 0 saturated carbocycles. The van der Waals surface area contributed by atoms with Crippen molar-refractivity contribution < 1.29 is 4.39 Å². The van der Waals surface area contributed by atoms with Gasteiger partial charge in [-0.05, 0) is 36.3 Å². The molecule has 2 nitrogen and oxygen atoms in total. The van der Waals surface area contributed by atoms with Gasteiger partial charge in [-0.25, -0.2) is 4.39 Å². The standard InChI is InChI=1S/C12H12ClFN2S/c1-2-15-7-8-6-11(16-17-8)9-4-3-5-10(13)12(9)14/h3-6,15H,2,7H2,1H3. The Hall–Kier alpha value is -0.970. The lowest BCUT2D eigenvalue weighted by Gasteiger charge is -2.00. The summed E-state index contributed by atoms with van der Waals surface area (Å²) in [5.74, 6) is -0.408. The Morgan fingerprint density at radius 2 is 2.29 bits per heavy atom. The monoisotopic (exact) mass is 270 g/mol. The minimum Gasteiger partial charge on any atom is -0.312 e. The third-order valence-corrected chi connectivity index (χ3v) is 3.41. The normalized spacial score (nSPS) is 10.8. The molecule has 1 aromatic carbocycles. The van der Waals surface area contributed by atoms with Crippen molar-refractivity contribution in [3.63, 3.8) is 0 Å². The zero-order valence-electron chi connectivity index (χ0n) is 9.34. The predicted octanol–water partition coefficient (Wildman–Crippen LogP) is 3.71. The lowest BCUT2D eigenvalue weighted by atomic mass is 10.1. The highest BCUT2D eigenvalue weighted by atomic mass is 35.5. The fourth-order valence-corrected chi connectivity index (χ4v) is 2.35. The molecule has 2 rings (SSSR count). The van der Waals surface area contributed by atoms with Gasteiger partial charge in [0, 0.05) is 17.0 Å². The van der Waals surface area contributed by atoms with Crippen molar-refractivity contribution in [3.8, 4) is 11.3 Å². The summed E-state index contributed by atoms with van der Waals surface area (Å²) in [4.78, 5) is 1.08. The Balaban J connectivity index is 2.27. The van der Waals surface area contributed by atoms with E-state index in [-0.39, 0.29) is 5.02 Å². The van der Waals surface area contributed by atoms with E-state index in [1.807, 2.05) is 13.0 Å². The van der Waals surface area contributed by atoms with Gasteiger partial charge in [0.25, 0.3) is 0 Å². The quantitative estimate of drug-likeness (QED) is 0.916. The Bertz CT molecular complexity index is 513. The Labute approximate surface area is 109 Å². The zero-order chi connectivity index (χ0) is 12.3. The molecule has 1 heterocycles. The molecule has 0 radical (unpaired) electrons. The molecule has 0 bridgehead atoms. The number of nitrogens with zero attached hydrogens (tertiary/aromatic N) is 1. The van der Waals surface area contributed by atoms with Crippen LogP contribution in [0.4, 0.5) is 4.39 Å². The van der Waals surface area contributed by atoms with Crippen molar-refractivity contribution in [2.24, 2.45) is 0 Å². The van der Waals surface area contributed by atoms with Crippen LogP contribution in [0.25, 0.3) is 11.3 Å². The molecule has 1 aromatic heterocycles. The highest BCUT2D eigenvalue weighted by molar-refractivity contribution is 7.06. The Morgan fingerprint density at radius 1 is 1.47 bits per heavy atom. The van der Waals surface area contributed by atoms with Crippen LogP contribution in [-0.2, 0) is 6.54 Å². The van der Waals surface area contributed by atoms with E-state index in [4.69, 9.17) is 11.6 Å². The number of hydrogen-bond acceptors (Lipinski definition) is 3. The molecule has 0 aliphatic heterocycles. The minimum absolute atomic E-state index is 0.128. The largest absolute Gasteiger partial charge is 0.312 e. The lowest BCUT2D eigenvalue weighted by Crippen LogP contribution is -2.10. The Morgan fingerprint density at radius 3 is 3.06 bits per heavy atom. The molecule has 0 spiro atoms. The second-order valence-electron chi connectivity index (χ2n) is 3.56. The van der Waals surface area contributed by atoms with Crippen LogP contribution in [0.2, 0.25) is 5.02 Å². The van der Waals surface area contributed by atoms with Crippen LogP contribution in [0.5, 0.6) is 0 Å². The van der Waals surface area contributed by atoms with Crippen LogP contribution in [0.3, 0.4) is 0 Å². The van der Waals surface area contributed by atoms with Crippen LogP contribution in [-0.4, -0.2) is 10.9 Å². The van der Waals surface area contributed by atoms with E-state index < -0.39 is 5.82 Å². The number of halogens is 2. The van der Waals surface area contributed by atoms with Crippen molar-refractivity contribution in [3.05, 3.63) is 40.0 Å². The average molecular weight is 271 g/mol. The highest BCUT2D eigenvalue weighted by Gasteiger charge is 2.11. The maximum Gasteiger partial charge on any atom is 0.151 e. The zero-order valence-corrected chi connectivity index (χ0v) is 10.9. The van der Waals surface area contributed by atoms with Crippen LogP contribution in [0.1, 0.15) is 11.8 Å². The number of benzene rings is 1. The second kappa shape index (κ2) is 5.58. The highest BCUT2D eigenvalue weighted by Crippen LogP contribution is 2.28. The third kappa shape index (κ3) is 2.83. The van der Waals surface area contributed by atoms with Gasteiger partial charge in [0.15, 0.2) is 5.82 Å². The van der Waals surface area contributed by atoms with E-state index in [1.165, 1.54) is 17.6 Å². The van der Waals surface area contributed by atoms with E-state index in [1.54, 1.807) is 12.1 Å². The smallest absolute Gasteiger partial charge is 0.151 e. The van der Waals surface area contributed by atoms with Crippen molar-refractivity contribution in [2.45, 2.75) is 13.5 Å². The fourth-order valence-electron chi connectivity index (χ4n) is 1.47. The first kappa shape index (κ1) is 12.5. The second-order valence-corrected chi connectivity index (χ2v) is 4.86. The van der Waals surface area contributed by atoms with Gasteiger partial charge in [-0.15, -0.1) is 0 Å². The summed E-state index contributed by atoms with van der Waals surface area (Å²) in [7, 11) is 0. The van der Waals surface area contributed by atoms with Gasteiger partial charge >= 0.3 is 0 Å². The van der Waals surface area contributed by atoms with Crippen LogP contribution in [0.15, 0.2) is 24.3 Å². The molecule has 0 amide bonds. The summed E-state index contributed by atoms with van der Waals surface area (Å²) in [5, 5.41) is 3.33. The lowest BCUT2D eigenvalue weighted by molar-refractivity contribution is 0.631. The third-order valence-electron chi connectivity index (χ3n) is 2.34. The van der Waals surface area contributed by atoms with Crippen molar-refractivity contribution in [1.29, 1.82) is 0 Å². The molecule has 5 heteroatoms. The summed E-state index contributed by atoms with van der Waals surface area (Å²) < 4.78 is 18.0. The maximum absolute atomic E-state index is 13.8. The van der Waals surface area contributed by atoms with E-state index in [2.05, 4.69) is 9.69 Å². The first-order chi connectivity index (χ1) is 8.22. The maximum atomic E-state index is 13.8. The summed E-state index contributed by atoms with van der Waals surface area (Å²) in [6.07, 6.45) is 0. The minimum atomic E-state index is -0.408. The van der Waals surface area contributed by atoms with Gasteiger partial charge in [-0.1, -0.05) is 24.6 Å². The predicted molar refractivity (Wildman–Crippen MR) is 69.9 cm³/mol. The molecule has 90 valence electrons. The van der Waals surface area contributed by atoms with Gasteiger partial charge < -0.3 is 5.32 Å². The summed E-state index contributed by atoms with van der Waals surface area (Å²) in [5.41, 5.74) is 1.10. The fraction of sp³-hybridized carbons (Fsp3) is 0.250. The molecule has 0 atom stereocenters. The number of aromatic nitrogens is 1. The molecule has 0 aliphatic rings.